The fourth-order valence-corrected chi connectivity index (χ4v) is 3.85. The number of nitrogens with zero attached hydrogens (tertiary/aromatic N) is 3. The number of hydrogen-bond acceptors (Lipinski definition) is 3. The molecule has 4 aromatic rings. The summed E-state index contributed by atoms with van der Waals surface area (Å²) in [6.07, 6.45) is 0. The molecular formula is C25H21ClFN3O2. The summed E-state index contributed by atoms with van der Waals surface area (Å²) in [5.74, 6) is -0.493. The first kappa shape index (κ1) is 21.7. The van der Waals surface area contributed by atoms with E-state index < -0.39 is 11.9 Å². The van der Waals surface area contributed by atoms with Crippen molar-refractivity contribution in [3.05, 3.63) is 105 Å². The van der Waals surface area contributed by atoms with Crippen LogP contribution in [-0.2, 0) is 0 Å². The van der Waals surface area contributed by atoms with Crippen molar-refractivity contribution in [3.63, 3.8) is 0 Å². The Labute approximate surface area is 189 Å². The molecule has 0 aliphatic rings. The van der Waals surface area contributed by atoms with E-state index in [2.05, 4.69) is 0 Å². The van der Waals surface area contributed by atoms with Gasteiger partial charge in [-0.2, -0.15) is 0 Å². The summed E-state index contributed by atoms with van der Waals surface area (Å²) in [7, 11) is 1.61. The molecule has 0 aliphatic carbocycles. The summed E-state index contributed by atoms with van der Waals surface area (Å²) >= 11 is 6.34. The molecule has 7 heteroatoms. The maximum absolute atomic E-state index is 13.7. The van der Waals surface area contributed by atoms with Gasteiger partial charge in [0, 0.05) is 17.6 Å². The first-order valence-electron chi connectivity index (χ1n) is 10.1. The second-order valence-electron chi connectivity index (χ2n) is 7.61. The Hall–Kier alpha value is -3.51. The zero-order chi connectivity index (χ0) is 23.0. The molecule has 4 rings (SSSR count). The van der Waals surface area contributed by atoms with Gasteiger partial charge in [0.15, 0.2) is 0 Å². The Morgan fingerprint density at radius 2 is 1.81 bits per heavy atom. The van der Waals surface area contributed by atoms with Gasteiger partial charge >= 0.3 is 0 Å². The summed E-state index contributed by atoms with van der Waals surface area (Å²) in [6.45, 7) is 3.61. The van der Waals surface area contributed by atoms with Crippen molar-refractivity contribution in [1.82, 2.24) is 14.5 Å². The Balaban J connectivity index is 1.92. The normalized spacial score (nSPS) is 12.0. The highest BCUT2D eigenvalue weighted by Gasteiger charge is 2.25. The molecule has 32 heavy (non-hydrogen) atoms. The first-order chi connectivity index (χ1) is 15.3. The first-order valence-corrected chi connectivity index (χ1v) is 10.5. The second-order valence-corrected chi connectivity index (χ2v) is 8.02. The number of carbonyl (C=O) groups excluding carboxylic acids is 1. The standard InChI is InChI=1S/C25H21ClFN3O2/c1-15-20(26)11-7-13-22(15)30-23(28-21-12-5-4-10-19(21)25(30)32)16(2)29(3)24(31)17-8-6-9-18(27)14-17/h4-14,16H,1-3H3. The molecule has 1 atom stereocenters. The van der Waals surface area contributed by atoms with Crippen molar-refractivity contribution < 1.29 is 9.18 Å². The second kappa shape index (κ2) is 8.55. The topological polar surface area (TPSA) is 55.2 Å². The molecule has 1 heterocycles. The minimum absolute atomic E-state index is 0.216. The number of benzene rings is 3. The lowest BCUT2D eigenvalue weighted by atomic mass is 10.1. The highest BCUT2D eigenvalue weighted by atomic mass is 35.5. The van der Waals surface area contributed by atoms with Gasteiger partial charge in [0.1, 0.15) is 11.6 Å². The third kappa shape index (κ3) is 3.78. The van der Waals surface area contributed by atoms with Crippen molar-refractivity contribution in [2.45, 2.75) is 19.9 Å². The lowest BCUT2D eigenvalue weighted by Crippen LogP contribution is -2.35. The van der Waals surface area contributed by atoms with Gasteiger partial charge in [-0.15, -0.1) is 0 Å². The average Bonchev–Trinajstić information content (AvgIpc) is 2.80. The number of halogens is 2. The molecule has 1 unspecified atom stereocenters. The molecular weight excluding hydrogens is 429 g/mol. The molecule has 3 aromatic carbocycles. The largest absolute Gasteiger partial charge is 0.332 e. The Morgan fingerprint density at radius 1 is 1.09 bits per heavy atom. The van der Waals surface area contributed by atoms with E-state index in [1.165, 1.54) is 27.7 Å². The van der Waals surface area contributed by atoms with Crippen LogP contribution in [0.3, 0.4) is 0 Å². The minimum Gasteiger partial charge on any atom is -0.332 e. The van der Waals surface area contributed by atoms with Gasteiger partial charge in [-0.1, -0.05) is 35.9 Å². The fraction of sp³-hybridized carbons (Fsp3) is 0.160. The van der Waals surface area contributed by atoms with Gasteiger partial charge in [-0.3, -0.25) is 14.2 Å². The molecule has 162 valence electrons. The molecule has 1 aromatic heterocycles. The number of fused-ring (bicyclic) bond motifs is 1. The number of aromatic nitrogens is 2. The quantitative estimate of drug-likeness (QED) is 0.423. The maximum atomic E-state index is 13.7. The van der Waals surface area contributed by atoms with Crippen LogP contribution in [0.4, 0.5) is 4.39 Å². The van der Waals surface area contributed by atoms with Crippen LogP contribution in [-0.4, -0.2) is 27.4 Å². The van der Waals surface area contributed by atoms with E-state index in [-0.39, 0.29) is 17.0 Å². The van der Waals surface area contributed by atoms with Crippen molar-refractivity contribution in [2.75, 3.05) is 7.05 Å². The molecule has 1 amide bonds. The highest BCUT2D eigenvalue weighted by Crippen LogP contribution is 2.27. The van der Waals surface area contributed by atoms with Crippen LogP contribution in [0.5, 0.6) is 0 Å². The van der Waals surface area contributed by atoms with E-state index in [0.717, 1.165) is 5.56 Å². The summed E-state index contributed by atoms with van der Waals surface area (Å²) in [6, 6.07) is 17.3. The summed E-state index contributed by atoms with van der Waals surface area (Å²) in [5, 5.41) is 0.979. The summed E-state index contributed by atoms with van der Waals surface area (Å²) < 4.78 is 15.2. The zero-order valence-corrected chi connectivity index (χ0v) is 18.6. The molecule has 0 bridgehead atoms. The number of carbonyl (C=O) groups is 1. The number of rotatable bonds is 4. The number of hydrogen-bond donors (Lipinski definition) is 0. The van der Waals surface area contributed by atoms with Gasteiger partial charge in [0.05, 0.1) is 22.6 Å². The molecule has 0 spiro atoms. The van der Waals surface area contributed by atoms with Crippen LogP contribution < -0.4 is 5.56 Å². The Morgan fingerprint density at radius 3 is 2.56 bits per heavy atom. The van der Waals surface area contributed by atoms with Crippen LogP contribution in [0.25, 0.3) is 16.6 Å². The third-order valence-corrected chi connectivity index (χ3v) is 6.04. The lowest BCUT2D eigenvalue weighted by molar-refractivity contribution is 0.0734. The van der Waals surface area contributed by atoms with Crippen molar-refractivity contribution >= 4 is 28.4 Å². The van der Waals surface area contributed by atoms with E-state index >= 15 is 0 Å². The third-order valence-electron chi connectivity index (χ3n) is 5.63. The van der Waals surface area contributed by atoms with Crippen molar-refractivity contribution in [3.8, 4) is 5.69 Å². The predicted molar refractivity (Wildman–Crippen MR) is 124 cm³/mol. The molecule has 0 saturated heterocycles. The van der Waals surface area contributed by atoms with Gasteiger partial charge in [-0.05, 0) is 61.9 Å². The lowest BCUT2D eigenvalue weighted by Gasteiger charge is -2.27. The molecule has 0 N–H and O–H groups in total. The molecule has 0 fully saturated rings. The maximum Gasteiger partial charge on any atom is 0.266 e. The van der Waals surface area contributed by atoms with E-state index in [1.807, 2.05) is 6.92 Å². The Bertz CT molecular complexity index is 1400. The van der Waals surface area contributed by atoms with Crippen molar-refractivity contribution in [1.29, 1.82) is 0 Å². The molecule has 0 radical (unpaired) electrons. The van der Waals surface area contributed by atoms with E-state index in [0.29, 0.717) is 27.4 Å². The van der Waals surface area contributed by atoms with Gasteiger partial charge in [0.2, 0.25) is 0 Å². The van der Waals surface area contributed by atoms with Crippen LogP contribution in [0.1, 0.15) is 34.7 Å². The van der Waals surface area contributed by atoms with Crippen molar-refractivity contribution in [2.24, 2.45) is 0 Å². The average molecular weight is 450 g/mol. The SMILES string of the molecule is Cc1c(Cl)cccc1-n1c(C(C)N(C)C(=O)c2cccc(F)c2)nc2ccccc2c1=O. The monoisotopic (exact) mass is 449 g/mol. The number of amides is 1. The Kier molecular flexibility index (Phi) is 5.80. The van der Waals surface area contributed by atoms with Gasteiger partial charge in [-0.25, -0.2) is 9.37 Å². The van der Waals surface area contributed by atoms with E-state index in [4.69, 9.17) is 16.6 Å². The molecule has 0 saturated carbocycles. The molecule has 0 aliphatic heterocycles. The van der Waals surface area contributed by atoms with Crippen LogP contribution in [0, 0.1) is 12.7 Å². The van der Waals surface area contributed by atoms with Crippen LogP contribution in [0.2, 0.25) is 5.02 Å². The van der Waals surface area contributed by atoms with Gasteiger partial charge < -0.3 is 4.90 Å². The van der Waals surface area contributed by atoms with E-state index in [9.17, 15) is 14.0 Å². The zero-order valence-electron chi connectivity index (χ0n) is 17.8. The minimum atomic E-state index is -0.596. The predicted octanol–water partition coefficient (Wildman–Crippen LogP) is 5.32. The van der Waals surface area contributed by atoms with E-state index in [1.54, 1.807) is 62.5 Å². The number of para-hydroxylation sites is 1. The highest BCUT2D eigenvalue weighted by molar-refractivity contribution is 6.31. The van der Waals surface area contributed by atoms with Gasteiger partial charge in [0.25, 0.3) is 11.5 Å². The fourth-order valence-electron chi connectivity index (χ4n) is 3.68. The van der Waals surface area contributed by atoms with Crippen LogP contribution >= 0.6 is 11.6 Å². The smallest absolute Gasteiger partial charge is 0.266 e. The summed E-state index contributed by atoms with van der Waals surface area (Å²) in [5.41, 5.74) is 1.80. The van der Waals surface area contributed by atoms with Crippen LogP contribution in [0.15, 0.2) is 71.5 Å². The summed E-state index contributed by atoms with van der Waals surface area (Å²) in [4.78, 5) is 32.8. The molecule has 5 nitrogen and oxygen atoms in total.